The highest BCUT2D eigenvalue weighted by Gasteiger charge is 2.22. The standard InChI is InChI=1S/C17H22N2O/c1-3-18-16(13-15-11-7-8-12-19-15)17(20-2)14-9-5-4-6-10-14/h4-12,16-18H,3,13H2,1-2H3. The van der Waals surface area contributed by atoms with E-state index in [1.165, 1.54) is 5.56 Å². The maximum absolute atomic E-state index is 5.73. The maximum atomic E-state index is 5.73. The number of benzene rings is 1. The number of pyridine rings is 1. The van der Waals surface area contributed by atoms with E-state index >= 15 is 0 Å². The van der Waals surface area contributed by atoms with E-state index in [0.29, 0.717) is 0 Å². The number of methoxy groups -OCH3 is 1. The van der Waals surface area contributed by atoms with Crippen LogP contribution in [0.25, 0.3) is 0 Å². The summed E-state index contributed by atoms with van der Waals surface area (Å²) in [5, 5.41) is 3.52. The molecule has 1 N–H and O–H groups in total. The lowest BCUT2D eigenvalue weighted by molar-refractivity contribution is 0.0681. The molecule has 0 aliphatic heterocycles. The number of hydrogen-bond donors (Lipinski definition) is 1. The molecule has 2 unspecified atom stereocenters. The molecule has 2 atom stereocenters. The number of nitrogens with zero attached hydrogens (tertiary/aromatic N) is 1. The molecule has 1 heterocycles. The summed E-state index contributed by atoms with van der Waals surface area (Å²) < 4.78 is 5.73. The Labute approximate surface area is 121 Å². The van der Waals surface area contributed by atoms with Gasteiger partial charge in [0.25, 0.3) is 0 Å². The highest BCUT2D eigenvalue weighted by molar-refractivity contribution is 5.20. The zero-order chi connectivity index (χ0) is 14.2. The van der Waals surface area contributed by atoms with Crippen LogP contribution in [0.5, 0.6) is 0 Å². The lowest BCUT2D eigenvalue weighted by Crippen LogP contribution is -2.37. The van der Waals surface area contributed by atoms with Crippen molar-refractivity contribution in [3.05, 3.63) is 66.0 Å². The van der Waals surface area contributed by atoms with Crippen LogP contribution in [0.15, 0.2) is 54.7 Å². The zero-order valence-electron chi connectivity index (χ0n) is 12.1. The number of ether oxygens (including phenoxy) is 1. The Hall–Kier alpha value is -1.71. The Kier molecular flexibility index (Phi) is 5.71. The molecule has 2 aromatic rings. The van der Waals surface area contributed by atoms with E-state index in [2.05, 4.69) is 35.4 Å². The van der Waals surface area contributed by atoms with Crippen molar-refractivity contribution in [2.24, 2.45) is 0 Å². The van der Waals surface area contributed by atoms with Gasteiger partial charge in [-0.05, 0) is 24.2 Å². The summed E-state index contributed by atoms with van der Waals surface area (Å²) in [5.74, 6) is 0. The molecule has 3 nitrogen and oxygen atoms in total. The molecule has 0 saturated heterocycles. The van der Waals surface area contributed by atoms with Crippen LogP contribution in [0, 0.1) is 0 Å². The molecule has 0 radical (unpaired) electrons. The number of likely N-dealkylation sites (N-methyl/N-ethyl adjacent to an activating group) is 1. The molecular formula is C17H22N2O. The lowest BCUT2D eigenvalue weighted by atomic mass is 9.98. The monoisotopic (exact) mass is 270 g/mol. The van der Waals surface area contributed by atoms with Crippen LogP contribution in [-0.2, 0) is 11.2 Å². The van der Waals surface area contributed by atoms with Gasteiger partial charge in [0.2, 0.25) is 0 Å². The fraction of sp³-hybridized carbons (Fsp3) is 0.353. The molecule has 0 fully saturated rings. The third-order valence-electron chi connectivity index (χ3n) is 3.37. The first-order valence-electron chi connectivity index (χ1n) is 7.06. The molecule has 0 aliphatic rings. The molecular weight excluding hydrogens is 248 g/mol. The van der Waals surface area contributed by atoms with E-state index < -0.39 is 0 Å². The molecule has 3 heteroatoms. The van der Waals surface area contributed by atoms with Crippen LogP contribution in [0.1, 0.15) is 24.3 Å². The van der Waals surface area contributed by atoms with Crippen LogP contribution in [0.2, 0.25) is 0 Å². The smallest absolute Gasteiger partial charge is 0.0977 e. The fourth-order valence-electron chi connectivity index (χ4n) is 2.47. The van der Waals surface area contributed by atoms with E-state index in [4.69, 9.17) is 4.74 Å². The molecule has 1 aromatic heterocycles. The normalized spacial score (nSPS) is 13.9. The molecule has 0 bridgehead atoms. The largest absolute Gasteiger partial charge is 0.375 e. The third kappa shape index (κ3) is 3.89. The van der Waals surface area contributed by atoms with Gasteiger partial charge in [0, 0.05) is 31.5 Å². The summed E-state index contributed by atoms with van der Waals surface area (Å²) in [4.78, 5) is 4.42. The van der Waals surface area contributed by atoms with Gasteiger partial charge in [0.1, 0.15) is 0 Å². The van der Waals surface area contributed by atoms with Crippen molar-refractivity contribution < 1.29 is 4.74 Å². The summed E-state index contributed by atoms with van der Waals surface area (Å²) in [5.41, 5.74) is 2.27. The molecule has 20 heavy (non-hydrogen) atoms. The van der Waals surface area contributed by atoms with Crippen molar-refractivity contribution in [2.45, 2.75) is 25.5 Å². The van der Waals surface area contributed by atoms with Gasteiger partial charge in [-0.15, -0.1) is 0 Å². The SMILES string of the molecule is CCNC(Cc1ccccn1)C(OC)c1ccccc1. The third-order valence-corrected chi connectivity index (χ3v) is 3.37. The molecule has 2 rings (SSSR count). The van der Waals surface area contributed by atoms with E-state index in [0.717, 1.165) is 18.7 Å². The van der Waals surface area contributed by atoms with Gasteiger partial charge >= 0.3 is 0 Å². The van der Waals surface area contributed by atoms with Crippen molar-refractivity contribution in [3.8, 4) is 0 Å². The zero-order valence-corrected chi connectivity index (χ0v) is 12.1. The second kappa shape index (κ2) is 7.78. The molecule has 106 valence electrons. The number of hydrogen-bond acceptors (Lipinski definition) is 3. The fourth-order valence-corrected chi connectivity index (χ4v) is 2.47. The van der Waals surface area contributed by atoms with E-state index in [-0.39, 0.29) is 12.1 Å². The van der Waals surface area contributed by atoms with Crippen molar-refractivity contribution in [3.63, 3.8) is 0 Å². The Balaban J connectivity index is 2.17. The van der Waals surface area contributed by atoms with Crippen LogP contribution in [0.4, 0.5) is 0 Å². The summed E-state index contributed by atoms with van der Waals surface area (Å²) in [6.07, 6.45) is 2.71. The molecule has 0 aliphatic carbocycles. The quantitative estimate of drug-likeness (QED) is 0.840. The molecule has 0 saturated carbocycles. The van der Waals surface area contributed by atoms with Crippen LogP contribution in [0.3, 0.4) is 0 Å². The van der Waals surface area contributed by atoms with E-state index in [1.54, 1.807) is 7.11 Å². The van der Waals surface area contributed by atoms with Crippen molar-refractivity contribution in [1.82, 2.24) is 10.3 Å². The van der Waals surface area contributed by atoms with Gasteiger partial charge in [-0.2, -0.15) is 0 Å². The first kappa shape index (κ1) is 14.7. The van der Waals surface area contributed by atoms with Gasteiger partial charge in [-0.1, -0.05) is 43.3 Å². The van der Waals surface area contributed by atoms with Gasteiger partial charge in [-0.25, -0.2) is 0 Å². The summed E-state index contributed by atoms with van der Waals surface area (Å²) >= 11 is 0. The molecule has 0 spiro atoms. The average Bonchev–Trinajstić information content (AvgIpc) is 2.50. The first-order valence-corrected chi connectivity index (χ1v) is 7.06. The van der Waals surface area contributed by atoms with E-state index in [1.807, 2.05) is 36.5 Å². The Morgan fingerprint density at radius 2 is 1.85 bits per heavy atom. The van der Waals surface area contributed by atoms with Crippen LogP contribution < -0.4 is 5.32 Å². The number of rotatable bonds is 7. The Bertz CT molecular complexity index is 487. The van der Waals surface area contributed by atoms with E-state index in [9.17, 15) is 0 Å². The molecule has 1 aromatic carbocycles. The maximum Gasteiger partial charge on any atom is 0.0977 e. The second-order valence-corrected chi connectivity index (χ2v) is 4.76. The predicted molar refractivity (Wildman–Crippen MR) is 81.6 cm³/mol. The van der Waals surface area contributed by atoms with Crippen molar-refractivity contribution in [1.29, 1.82) is 0 Å². The topological polar surface area (TPSA) is 34.2 Å². The Morgan fingerprint density at radius 1 is 1.10 bits per heavy atom. The summed E-state index contributed by atoms with van der Waals surface area (Å²) in [7, 11) is 1.76. The Morgan fingerprint density at radius 3 is 2.45 bits per heavy atom. The average molecular weight is 270 g/mol. The van der Waals surface area contributed by atoms with Crippen molar-refractivity contribution in [2.75, 3.05) is 13.7 Å². The van der Waals surface area contributed by atoms with Gasteiger partial charge in [-0.3, -0.25) is 4.98 Å². The number of nitrogens with one attached hydrogen (secondary N) is 1. The number of aromatic nitrogens is 1. The highest BCUT2D eigenvalue weighted by Crippen LogP contribution is 2.22. The second-order valence-electron chi connectivity index (χ2n) is 4.76. The minimum atomic E-state index is 0.0261. The van der Waals surface area contributed by atoms with Crippen LogP contribution >= 0.6 is 0 Å². The van der Waals surface area contributed by atoms with Crippen LogP contribution in [-0.4, -0.2) is 24.7 Å². The van der Waals surface area contributed by atoms with Gasteiger partial charge < -0.3 is 10.1 Å². The minimum Gasteiger partial charge on any atom is -0.375 e. The van der Waals surface area contributed by atoms with Gasteiger partial charge in [0.15, 0.2) is 0 Å². The summed E-state index contributed by atoms with van der Waals surface area (Å²) in [6, 6.07) is 16.6. The van der Waals surface area contributed by atoms with Crippen molar-refractivity contribution >= 4 is 0 Å². The molecule has 0 amide bonds. The van der Waals surface area contributed by atoms with Gasteiger partial charge in [0.05, 0.1) is 6.10 Å². The summed E-state index contributed by atoms with van der Waals surface area (Å²) in [6.45, 7) is 3.02. The highest BCUT2D eigenvalue weighted by atomic mass is 16.5. The lowest BCUT2D eigenvalue weighted by Gasteiger charge is -2.27. The predicted octanol–water partition coefficient (Wildman–Crippen LogP) is 2.99. The minimum absolute atomic E-state index is 0.0261. The first-order chi connectivity index (χ1) is 9.85.